The van der Waals surface area contributed by atoms with Crippen LogP contribution in [-0.2, 0) is 4.79 Å². The fourth-order valence-electron chi connectivity index (χ4n) is 1.94. The summed E-state index contributed by atoms with van der Waals surface area (Å²) in [5.41, 5.74) is 3.80. The number of hydrogen-bond donors (Lipinski definition) is 3. The van der Waals surface area contributed by atoms with Crippen molar-refractivity contribution >= 4 is 23.2 Å². The van der Waals surface area contributed by atoms with Gasteiger partial charge in [-0.15, -0.1) is 0 Å². The maximum absolute atomic E-state index is 13.6. The molecular weight excluding hydrogens is 271 g/mol. The zero-order chi connectivity index (χ0) is 14.9. The number of nitrogens with two attached hydrogens (primary N) is 1. The number of nitrogens with zero attached hydrogens (tertiary/aromatic N) is 1. The third kappa shape index (κ3) is 2.51. The van der Waals surface area contributed by atoms with Gasteiger partial charge >= 0.3 is 0 Å². The number of nitrogen functional groups attached to an aromatic ring is 1. The lowest BCUT2D eigenvalue weighted by molar-refractivity contribution is -0.384. The zero-order valence-corrected chi connectivity index (χ0v) is 10.2. The third-order valence-electron chi connectivity index (χ3n) is 2.91. The Bertz CT molecular complexity index is 604. The smallest absolute Gasteiger partial charge is 0.293 e. The SMILES string of the molecule is Nc1c([N+](=O)[O-])ccc(F)c1C(=O)NC1CNC(=O)C1. The van der Waals surface area contributed by atoms with Crippen molar-refractivity contribution in [1.82, 2.24) is 10.6 Å². The third-order valence-corrected chi connectivity index (χ3v) is 2.91. The number of halogens is 1. The number of hydrogen-bond acceptors (Lipinski definition) is 5. The molecule has 2 amide bonds. The highest BCUT2D eigenvalue weighted by atomic mass is 19.1. The number of carbonyl (C=O) groups excluding carboxylic acids is 2. The molecule has 9 heteroatoms. The van der Waals surface area contributed by atoms with Crippen molar-refractivity contribution < 1.29 is 18.9 Å². The summed E-state index contributed by atoms with van der Waals surface area (Å²) in [6.07, 6.45) is 0.0716. The molecule has 0 saturated carbocycles. The van der Waals surface area contributed by atoms with E-state index in [0.29, 0.717) is 0 Å². The van der Waals surface area contributed by atoms with Crippen LogP contribution in [0.3, 0.4) is 0 Å². The summed E-state index contributed by atoms with van der Waals surface area (Å²) in [5.74, 6) is -2.07. The summed E-state index contributed by atoms with van der Waals surface area (Å²) in [5, 5.41) is 15.6. The van der Waals surface area contributed by atoms with Crippen molar-refractivity contribution in [3.8, 4) is 0 Å². The summed E-state index contributed by atoms with van der Waals surface area (Å²) >= 11 is 0. The van der Waals surface area contributed by atoms with Crippen LogP contribution in [0.1, 0.15) is 16.8 Å². The summed E-state index contributed by atoms with van der Waals surface area (Å²) in [7, 11) is 0. The van der Waals surface area contributed by atoms with Crippen LogP contribution < -0.4 is 16.4 Å². The molecule has 0 aliphatic carbocycles. The van der Waals surface area contributed by atoms with Crippen LogP contribution >= 0.6 is 0 Å². The van der Waals surface area contributed by atoms with Crippen LogP contribution in [0.5, 0.6) is 0 Å². The van der Waals surface area contributed by atoms with Gasteiger partial charge in [0.25, 0.3) is 11.6 Å². The van der Waals surface area contributed by atoms with E-state index in [1.54, 1.807) is 0 Å². The second-order valence-corrected chi connectivity index (χ2v) is 4.29. The molecule has 1 aromatic rings. The highest BCUT2D eigenvalue weighted by molar-refractivity contribution is 6.01. The number of rotatable bonds is 3. The minimum absolute atomic E-state index is 0.0716. The molecule has 1 heterocycles. The molecule has 20 heavy (non-hydrogen) atoms. The lowest BCUT2D eigenvalue weighted by atomic mass is 10.1. The van der Waals surface area contributed by atoms with Crippen LogP contribution in [0.25, 0.3) is 0 Å². The standard InChI is InChI=1S/C11H11FN4O4/c12-6-1-2-7(16(19)20)10(13)9(6)11(18)15-5-3-8(17)14-4-5/h1-2,5H,3-4,13H2,(H,14,17)(H,15,18). The van der Waals surface area contributed by atoms with Crippen LogP contribution in [0, 0.1) is 15.9 Å². The minimum Gasteiger partial charge on any atom is -0.392 e. The van der Waals surface area contributed by atoms with Gasteiger partial charge < -0.3 is 16.4 Å². The van der Waals surface area contributed by atoms with Gasteiger partial charge in [0, 0.05) is 19.0 Å². The first kappa shape index (κ1) is 13.7. The number of nitro benzene ring substituents is 1. The number of anilines is 1. The molecule has 1 aliphatic heterocycles. The maximum atomic E-state index is 13.6. The van der Waals surface area contributed by atoms with Gasteiger partial charge in [0.1, 0.15) is 17.1 Å². The maximum Gasteiger partial charge on any atom is 0.293 e. The van der Waals surface area contributed by atoms with Gasteiger partial charge in [0.2, 0.25) is 5.91 Å². The van der Waals surface area contributed by atoms with Crippen LogP contribution in [0.15, 0.2) is 12.1 Å². The molecule has 106 valence electrons. The Labute approximate surface area is 112 Å². The Hall–Kier alpha value is -2.71. The molecule has 1 aliphatic rings. The molecule has 8 nitrogen and oxygen atoms in total. The lowest BCUT2D eigenvalue weighted by Gasteiger charge is -2.12. The number of nitro groups is 1. The van der Waals surface area contributed by atoms with E-state index < -0.39 is 39.6 Å². The Morgan fingerprint density at radius 1 is 1.55 bits per heavy atom. The van der Waals surface area contributed by atoms with Crippen molar-refractivity contribution in [1.29, 1.82) is 0 Å². The normalized spacial score (nSPS) is 17.6. The minimum atomic E-state index is -0.956. The van der Waals surface area contributed by atoms with Crippen molar-refractivity contribution in [3.63, 3.8) is 0 Å². The van der Waals surface area contributed by atoms with Gasteiger partial charge in [-0.05, 0) is 6.07 Å². The first-order chi connectivity index (χ1) is 9.40. The monoisotopic (exact) mass is 282 g/mol. The second kappa shape index (κ2) is 5.11. The number of carbonyl (C=O) groups is 2. The number of amides is 2. The Balaban J connectivity index is 2.27. The molecule has 0 radical (unpaired) electrons. The van der Waals surface area contributed by atoms with E-state index in [1.165, 1.54) is 0 Å². The predicted octanol–water partition coefficient (Wildman–Crippen LogP) is -0.0656. The van der Waals surface area contributed by atoms with Gasteiger partial charge in [-0.2, -0.15) is 0 Å². The molecule has 4 N–H and O–H groups in total. The number of benzene rings is 1. The van der Waals surface area contributed by atoms with Gasteiger partial charge in [-0.25, -0.2) is 4.39 Å². The van der Waals surface area contributed by atoms with Crippen LogP contribution in [0.4, 0.5) is 15.8 Å². The van der Waals surface area contributed by atoms with Crippen molar-refractivity contribution in [2.75, 3.05) is 12.3 Å². The average Bonchev–Trinajstić information content (AvgIpc) is 2.74. The molecule has 1 unspecified atom stereocenters. The molecule has 0 aromatic heterocycles. The fraction of sp³-hybridized carbons (Fsp3) is 0.273. The van der Waals surface area contributed by atoms with Gasteiger partial charge in [0.15, 0.2) is 0 Å². The Morgan fingerprint density at radius 3 is 2.80 bits per heavy atom. The van der Waals surface area contributed by atoms with Gasteiger partial charge in [-0.3, -0.25) is 19.7 Å². The molecular formula is C11H11FN4O4. The number of nitrogens with one attached hydrogen (secondary N) is 2. The molecule has 1 atom stereocenters. The average molecular weight is 282 g/mol. The first-order valence-electron chi connectivity index (χ1n) is 5.70. The van der Waals surface area contributed by atoms with E-state index in [2.05, 4.69) is 10.6 Å². The van der Waals surface area contributed by atoms with Gasteiger partial charge in [-0.1, -0.05) is 0 Å². The molecule has 0 spiro atoms. The lowest BCUT2D eigenvalue weighted by Crippen LogP contribution is -2.37. The predicted molar refractivity (Wildman–Crippen MR) is 66.3 cm³/mol. The summed E-state index contributed by atoms with van der Waals surface area (Å²) in [4.78, 5) is 32.8. The van der Waals surface area contributed by atoms with Crippen molar-refractivity contribution in [3.05, 3.63) is 33.6 Å². The fourth-order valence-corrected chi connectivity index (χ4v) is 1.94. The van der Waals surface area contributed by atoms with E-state index in [9.17, 15) is 24.1 Å². The van der Waals surface area contributed by atoms with Gasteiger partial charge in [0.05, 0.1) is 11.0 Å². The topological polar surface area (TPSA) is 127 Å². The highest BCUT2D eigenvalue weighted by Gasteiger charge is 2.28. The van der Waals surface area contributed by atoms with E-state index in [-0.39, 0.29) is 18.9 Å². The van der Waals surface area contributed by atoms with E-state index in [4.69, 9.17) is 5.73 Å². The quantitative estimate of drug-likeness (QED) is 0.406. The molecule has 1 saturated heterocycles. The summed E-state index contributed by atoms with van der Waals surface area (Å²) < 4.78 is 13.6. The largest absolute Gasteiger partial charge is 0.392 e. The highest BCUT2D eigenvalue weighted by Crippen LogP contribution is 2.27. The summed E-state index contributed by atoms with van der Waals surface area (Å²) in [6, 6.07) is 1.21. The molecule has 1 aromatic carbocycles. The Kier molecular flexibility index (Phi) is 3.51. The first-order valence-corrected chi connectivity index (χ1v) is 5.70. The molecule has 0 bridgehead atoms. The molecule has 1 fully saturated rings. The zero-order valence-electron chi connectivity index (χ0n) is 10.2. The second-order valence-electron chi connectivity index (χ2n) is 4.29. The van der Waals surface area contributed by atoms with Crippen molar-refractivity contribution in [2.24, 2.45) is 0 Å². The van der Waals surface area contributed by atoms with E-state index in [1.807, 2.05) is 0 Å². The Morgan fingerprint density at radius 2 is 2.25 bits per heavy atom. The van der Waals surface area contributed by atoms with Crippen LogP contribution in [-0.4, -0.2) is 29.3 Å². The molecule has 2 rings (SSSR count). The van der Waals surface area contributed by atoms with Crippen LogP contribution in [0.2, 0.25) is 0 Å². The van der Waals surface area contributed by atoms with E-state index in [0.717, 1.165) is 12.1 Å². The van der Waals surface area contributed by atoms with E-state index >= 15 is 0 Å². The van der Waals surface area contributed by atoms with Crippen molar-refractivity contribution in [2.45, 2.75) is 12.5 Å². The summed E-state index contributed by atoms with van der Waals surface area (Å²) in [6.45, 7) is 0.223.